The second kappa shape index (κ2) is 8.17. The number of hydrogen-bond acceptors (Lipinski definition) is 1. The van der Waals surface area contributed by atoms with Gasteiger partial charge in [-0.25, -0.2) is 0 Å². The molecule has 15 heavy (non-hydrogen) atoms. The summed E-state index contributed by atoms with van der Waals surface area (Å²) in [5, 5.41) is 1.99. The summed E-state index contributed by atoms with van der Waals surface area (Å²) >= 11 is 6.83. The molecule has 0 aliphatic rings. The van der Waals surface area contributed by atoms with Crippen LogP contribution in [0.25, 0.3) is 0 Å². The van der Waals surface area contributed by atoms with Crippen LogP contribution in [0, 0.1) is 0 Å². The molecule has 0 radical (unpaired) electrons. The molecule has 0 fully saturated rings. The first kappa shape index (κ1) is 13.0. The first-order valence-electron chi connectivity index (χ1n) is 5.20. The van der Waals surface area contributed by atoms with Crippen molar-refractivity contribution in [2.75, 3.05) is 11.9 Å². The normalized spacial score (nSPS) is 10.3. The Labute approximate surface area is 108 Å². The van der Waals surface area contributed by atoms with Crippen molar-refractivity contribution in [1.82, 2.24) is 0 Å². The molecule has 84 valence electrons. The third-order valence-corrected chi connectivity index (χ3v) is 3.33. The average molecular weight is 336 g/mol. The lowest BCUT2D eigenvalue weighted by molar-refractivity contribution is 0.306. The van der Waals surface area contributed by atoms with Gasteiger partial charge in [0.05, 0.1) is 6.61 Å². The fraction of sp³-hybridized carbons (Fsp3) is 0.500. The van der Waals surface area contributed by atoms with Crippen molar-refractivity contribution in [2.45, 2.75) is 24.6 Å². The van der Waals surface area contributed by atoms with Crippen molar-refractivity contribution >= 4 is 31.9 Å². The zero-order valence-corrected chi connectivity index (χ0v) is 11.9. The zero-order valence-electron chi connectivity index (χ0n) is 8.72. The predicted molar refractivity (Wildman–Crippen MR) is 72.2 cm³/mol. The molecule has 0 aliphatic heterocycles. The predicted octanol–water partition coefficient (Wildman–Crippen LogP) is 4.53. The minimum absolute atomic E-state index is 0.820. The quantitative estimate of drug-likeness (QED) is 0.525. The zero-order chi connectivity index (χ0) is 10.9. The van der Waals surface area contributed by atoms with Gasteiger partial charge in [-0.2, -0.15) is 0 Å². The average Bonchev–Trinajstić information content (AvgIpc) is 2.30. The molecule has 0 heterocycles. The minimum Gasteiger partial charge on any atom is -0.494 e. The number of benzene rings is 1. The van der Waals surface area contributed by atoms with E-state index in [1.807, 2.05) is 12.1 Å². The fourth-order valence-electron chi connectivity index (χ4n) is 1.24. The van der Waals surface area contributed by atoms with E-state index in [1.54, 1.807) is 0 Å². The number of ether oxygens (including phenoxy) is 1. The van der Waals surface area contributed by atoms with Gasteiger partial charge in [-0.15, -0.1) is 0 Å². The highest BCUT2D eigenvalue weighted by Crippen LogP contribution is 2.14. The van der Waals surface area contributed by atoms with E-state index >= 15 is 0 Å². The van der Waals surface area contributed by atoms with Gasteiger partial charge in [0.15, 0.2) is 0 Å². The van der Waals surface area contributed by atoms with E-state index in [2.05, 4.69) is 44.0 Å². The SMILES string of the molecule is BrCCCCCOc1ccc(CBr)cc1. The summed E-state index contributed by atoms with van der Waals surface area (Å²) in [6.07, 6.45) is 3.59. The van der Waals surface area contributed by atoms with Crippen molar-refractivity contribution in [3.05, 3.63) is 29.8 Å². The molecule has 0 bridgehead atoms. The summed E-state index contributed by atoms with van der Waals surface area (Å²) in [5.41, 5.74) is 1.28. The molecule has 1 aromatic rings. The number of unbranched alkanes of at least 4 members (excludes halogenated alkanes) is 2. The third-order valence-electron chi connectivity index (χ3n) is 2.12. The van der Waals surface area contributed by atoms with Crippen LogP contribution in [-0.4, -0.2) is 11.9 Å². The summed E-state index contributed by atoms with van der Waals surface area (Å²) in [5.74, 6) is 0.971. The molecule has 0 aliphatic carbocycles. The third kappa shape index (κ3) is 5.57. The van der Waals surface area contributed by atoms with E-state index in [1.165, 1.54) is 18.4 Å². The van der Waals surface area contributed by atoms with E-state index < -0.39 is 0 Å². The van der Waals surface area contributed by atoms with Crippen molar-refractivity contribution in [2.24, 2.45) is 0 Å². The largest absolute Gasteiger partial charge is 0.494 e. The molecule has 0 N–H and O–H groups in total. The smallest absolute Gasteiger partial charge is 0.119 e. The molecule has 0 unspecified atom stereocenters. The van der Waals surface area contributed by atoms with Crippen LogP contribution < -0.4 is 4.74 Å². The Morgan fingerprint density at radius 1 is 0.933 bits per heavy atom. The van der Waals surface area contributed by atoms with Gasteiger partial charge in [-0.1, -0.05) is 44.0 Å². The lowest BCUT2D eigenvalue weighted by atomic mass is 10.2. The van der Waals surface area contributed by atoms with Gasteiger partial charge in [-0.05, 0) is 37.0 Å². The Morgan fingerprint density at radius 3 is 2.27 bits per heavy atom. The Balaban J connectivity index is 2.20. The minimum atomic E-state index is 0.820. The molecule has 0 saturated heterocycles. The summed E-state index contributed by atoms with van der Waals surface area (Å²) in [7, 11) is 0. The first-order chi connectivity index (χ1) is 7.36. The Morgan fingerprint density at radius 2 is 1.67 bits per heavy atom. The molecule has 0 atom stereocenters. The van der Waals surface area contributed by atoms with Crippen LogP contribution in [0.4, 0.5) is 0 Å². The molecule has 1 rings (SSSR count). The lowest BCUT2D eigenvalue weighted by Crippen LogP contribution is -1.97. The molecule has 0 aromatic heterocycles. The van der Waals surface area contributed by atoms with Crippen molar-refractivity contribution < 1.29 is 4.74 Å². The number of rotatable bonds is 7. The Kier molecular flexibility index (Phi) is 7.11. The van der Waals surface area contributed by atoms with E-state index in [9.17, 15) is 0 Å². The highest BCUT2D eigenvalue weighted by molar-refractivity contribution is 9.09. The van der Waals surface area contributed by atoms with Crippen LogP contribution in [0.2, 0.25) is 0 Å². The fourth-order valence-corrected chi connectivity index (χ4v) is 2.01. The van der Waals surface area contributed by atoms with Crippen LogP contribution in [0.5, 0.6) is 5.75 Å². The van der Waals surface area contributed by atoms with Gasteiger partial charge in [0.2, 0.25) is 0 Å². The number of hydrogen-bond donors (Lipinski definition) is 0. The van der Waals surface area contributed by atoms with E-state index in [0.29, 0.717) is 0 Å². The van der Waals surface area contributed by atoms with Crippen molar-refractivity contribution in [3.8, 4) is 5.75 Å². The number of halogens is 2. The van der Waals surface area contributed by atoms with Crippen LogP contribution in [0.1, 0.15) is 24.8 Å². The number of alkyl halides is 2. The maximum absolute atomic E-state index is 5.62. The van der Waals surface area contributed by atoms with E-state index in [0.717, 1.165) is 29.4 Å². The van der Waals surface area contributed by atoms with Crippen molar-refractivity contribution in [3.63, 3.8) is 0 Å². The Bertz CT molecular complexity index is 259. The standard InChI is InChI=1S/C12H16Br2O/c13-8-2-1-3-9-15-12-6-4-11(10-14)5-7-12/h4-7H,1-3,8-10H2. The molecule has 0 saturated carbocycles. The van der Waals surface area contributed by atoms with Crippen LogP contribution in [0.3, 0.4) is 0 Å². The molecule has 3 heteroatoms. The molecular formula is C12H16Br2O. The van der Waals surface area contributed by atoms with E-state index in [4.69, 9.17) is 4.74 Å². The van der Waals surface area contributed by atoms with E-state index in [-0.39, 0.29) is 0 Å². The van der Waals surface area contributed by atoms with Crippen LogP contribution >= 0.6 is 31.9 Å². The van der Waals surface area contributed by atoms with Gasteiger partial charge in [0.25, 0.3) is 0 Å². The lowest BCUT2D eigenvalue weighted by Gasteiger charge is -2.06. The maximum atomic E-state index is 5.62. The summed E-state index contributed by atoms with van der Waals surface area (Å²) < 4.78 is 5.62. The van der Waals surface area contributed by atoms with Crippen molar-refractivity contribution in [1.29, 1.82) is 0 Å². The summed E-state index contributed by atoms with van der Waals surface area (Å²) in [6, 6.07) is 8.23. The Hall–Kier alpha value is -0.0200. The van der Waals surface area contributed by atoms with Gasteiger partial charge in [-0.3, -0.25) is 0 Å². The monoisotopic (exact) mass is 334 g/mol. The van der Waals surface area contributed by atoms with Gasteiger partial charge < -0.3 is 4.74 Å². The molecule has 1 aromatic carbocycles. The highest BCUT2D eigenvalue weighted by atomic mass is 79.9. The van der Waals surface area contributed by atoms with Gasteiger partial charge >= 0.3 is 0 Å². The van der Waals surface area contributed by atoms with Crippen LogP contribution in [0.15, 0.2) is 24.3 Å². The van der Waals surface area contributed by atoms with Crippen LogP contribution in [-0.2, 0) is 5.33 Å². The topological polar surface area (TPSA) is 9.23 Å². The highest BCUT2D eigenvalue weighted by Gasteiger charge is 1.94. The second-order valence-corrected chi connectivity index (χ2v) is 4.73. The van der Waals surface area contributed by atoms with Gasteiger partial charge in [0.1, 0.15) is 5.75 Å². The maximum Gasteiger partial charge on any atom is 0.119 e. The summed E-state index contributed by atoms with van der Waals surface area (Å²) in [6.45, 7) is 0.820. The van der Waals surface area contributed by atoms with Gasteiger partial charge in [0, 0.05) is 10.7 Å². The first-order valence-corrected chi connectivity index (χ1v) is 7.45. The molecular weight excluding hydrogens is 320 g/mol. The molecule has 1 nitrogen and oxygen atoms in total. The summed E-state index contributed by atoms with van der Waals surface area (Å²) in [4.78, 5) is 0. The molecule has 0 amide bonds. The second-order valence-electron chi connectivity index (χ2n) is 3.38. The molecule has 0 spiro atoms.